The SMILES string of the molecule is COC(=O)CCC1=C(C)CC(=O)C(N)=C1. The first-order valence-electron chi connectivity index (χ1n) is 4.80. The molecular formula is C11H15NO3. The Morgan fingerprint density at radius 1 is 1.60 bits per heavy atom. The van der Waals surface area contributed by atoms with Crippen molar-refractivity contribution in [3.63, 3.8) is 0 Å². The van der Waals surface area contributed by atoms with Gasteiger partial charge in [0, 0.05) is 12.8 Å². The van der Waals surface area contributed by atoms with Gasteiger partial charge in [0.2, 0.25) is 0 Å². The molecule has 2 N–H and O–H groups in total. The van der Waals surface area contributed by atoms with Crippen molar-refractivity contribution in [3.05, 3.63) is 22.9 Å². The second-order valence-corrected chi connectivity index (χ2v) is 3.58. The fraction of sp³-hybridized carbons (Fsp3) is 0.455. The molecule has 0 bridgehead atoms. The van der Waals surface area contributed by atoms with Crippen LogP contribution in [0.25, 0.3) is 0 Å². The number of carbonyl (C=O) groups is 2. The lowest BCUT2D eigenvalue weighted by Crippen LogP contribution is -2.16. The average molecular weight is 209 g/mol. The average Bonchev–Trinajstić information content (AvgIpc) is 2.21. The van der Waals surface area contributed by atoms with Crippen molar-refractivity contribution in [1.82, 2.24) is 0 Å². The number of rotatable bonds is 3. The molecule has 0 amide bonds. The fourth-order valence-corrected chi connectivity index (χ4v) is 1.47. The van der Waals surface area contributed by atoms with Crippen LogP contribution in [0, 0.1) is 0 Å². The fourth-order valence-electron chi connectivity index (χ4n) is 1.47. The van der Waals surface area contributed by atoms with E-state index < -0.39 is 0 Å². The lowest BCUT2D eigenvalue weighted by molar-refractivity contribution is -0.140. The summed E-state index contributed by atoms with van der Waals surface area (Å²) in [6, 6.07) is 0. The normalized spacial score (nSPS) is 16.4. The number of ketones is 1. The van der Waals surface area contributed by atoms with Gasteiger partial charge in [-0.3, -0.25) is 9.59 Å². The van der Waals surface area contributed by atoms with Gasteiger partial charge in [-0.05, 0) is 25.0 Å². The van der Waals surface area contributed by atoms with Crippen LogP contribution in [0.5, 0.6) is 0 Å². The number of ether oxygens (including phenoxy) is 1. The molecule has 4 nitrogen and oxygen atoms in total. The predicted octanol–water partition coefficient (Wildman–Crippen LogP) is 1.07. The van der Waals surface area contributed by atoms with Crippen LogP contribution in [0.15, 0.2) is 22.9 Å². The highest BCUT2D eigenvalue weighted by Gasteiger charge is 2.16. The van der Waals surface area contributed by atoms with Crippen molar-refractivity contribution in [2.24, 2.45) is 5.73 Å². The van der Waals surface area contributed by atoms with Crippen LogP contribution in [0.4, 0.5) is 0 Å². The molecule has 0 atom stereocenters. The van der Waals surface area contributed by atoms with E-state index in [1.165, 1.54) is 7.11 Å². The van der Waals surface area contributed by atoms with E-state index in [2.05, 4.69) is 4.74 Å². The third-order valence-corrected chi connectivity index (χ3v) is 2.45. The molecule has 1 rings (SSSR count). The van der Waals surface area contributed by atoms with Crippen molar-refractivity contribution in [3.8, 4) is 0 Å². The summed E-state index contributed by atoms with van der Waals surface area (Å²) in [5, 5.41) is 0. The van der Waals surface area contributed by atoms with Gasteiger partial charge >= 0.3 is 5.97 Å². The molecule has 0 aromatic carbocycles. The maximum atomic E-state index is 11.2. The van der Waals surface area contributed by atoms with E-state index in [4.69, 9.17) is 5.73 Å². The number of methoxy groups -OCH3 is 1. The van der Waals surface area contributed by atoms with Crippen LogP contribution in [0.2, 0.25) is 0 Å². The zero-order chi connectivity index (χ0) is 11.4. The highest BCUT2D eigenvalue weighted by Crippen LogP contribution is 2.22. The monoisotopic (exact) mass is 209 g/mol. The Balaban J connectivity index is 2.66. The van der Waals surface area contributed by atoms with Gasteiger partial charge in [0.25, 0.3) is 0 Å². The summed E-state index contributed by atoms with van der Waals surface area (Å²) in [6.07, 6.45) is 2.91. The number of allylic oxidation sites excluding steroid dienone is 4. The topological polar surface area (TPSA) is 69.4 Å². The molecular weight excluding hydrogens is 194 g/mol. The van der Waals surface area contributed by atoms with Crippen molar-refractivity contribution in [1.29, 1.82) is 0 Å². The third-order valence-electron chi connectivity index (χ3n) is 2.45. The van der Waals surface area contributed by atoms with Crippen LogP contribution in [-0.4, -0.2) is 18.9 Å². The van der Waals surface area contributed by atoms with Crippen LogP contribution < -0.4 is 5.73 Å². The summed E-state index contributed by atoms with van der Waals surface area (Å²) < 4.78 is 4.54. The van der Waals surface area contributed by atoms with E-state index in [1.54, 1.807) is 6.08 Å². The van der Waals surface area contributed by atoms with Gasteiger partial charge in [-0.1, -0.05) is 5.57 Å². The summed E-state index contributed by atoms with van der Waals surface area (Å²) in [6.45, 7) is 1.88. The molecule has 0 fully saturated rings. The minimum atomic E-state index is -0.251. The summed E-state index contributed by atoms with van der Waals surface area (Å²) in [5.41, 5.74) is 7.76. The second-order valence-electron chi connectivity index (χ2n) is 3.58. The molecule has 1 aliphatic carbocycles. The van der Waals surface area contributed by atoms with Crippen molar-refractivity contribution < 1.29 is 14.3 Å². The predicted molar refractivity (Wildman–Crippen MR) is 55.8 cm³/mol. The first-order chi connectivity index (χ1) is 7.04. The molecule has 0 radical (unpaired) electrons. The van der Waals surface area contributed by atoms with Gasteiger partial charge in [-0.25, -0.2) is 0 Å². The Labute approximate surface area is 88.8 Å². The maximum absolute atomic E-state index is 11.2. The number of nitrogens with two attached hydrogens (primary N) is 1. The van der Waals surface area contributed by atoms with Gasteiger partial charge in [0.05, 0.1) is 12.8 Å². The number of esters is 1. The molecule has 0 aliphatic heterocycles. The van der Waals surface area contributed by atoms with Gasteiger partial charge in [0.15, 0.2) is 5.78 Å². The van der Waals surface area contributed by atoms with Crippen molar-refractivity contribution >= 4 is 11.8 Å². The molecule has 0 heterocycles. The molecule has 1 aliphatic rings. The zero-order valence-electron chi connectivity index (χ0n) is 9.00. The molecule has 82 valence electrons. The highest BCUT2D eigenvalue weighted by molar-refractivity contribution is 5.98. The Morgan fingerprint density at radius 2 is 2.27 bits per heavy atom. The molecule has 15 heavy (non-hydrogen) atoms. The van der Waals surface area contributed by atoms with E-state index in [9.17, 15) is 9.59 Å². The van der Waals surface area contributed by atoms with Crippen LogP contribution in [-0.2, 0) is 14.3 Å². The lowest BCUT2D eigenvalue weighted by Gasteiger charge is -2.14. The largest absolute Gasteiger partial charge is 0.469 e. The number of hydrogen-bond donors (Lipinski definition) is 1. The summed E-state index contributed by atoms with van der Waals surface area (Å²) in [7, 11) is 1.36. The van der Waals surface area contributed by atoms with E-state index in [0.717, 1.165) is 11.1 Å². The molecule has 0 aromatic rings. The first kappa shape index (κ1) is 11.5. The molecule has 0 spiro atoms. The Bertz CT molecular complexity index is 353. The number of carbonyl (C=O) groups excluding carboxylic acids is 2. The number of hydrogen-bond acceptors (Lipinski definition) is 4. The molecule has 0 saturated carbocycles. The molecule has 0 saturated heterocycles. The van der Waals surface area contributed by atoms with Crippen molar-refractivity contribution in [2.75, 3.05) is 7.11 Å². The quantitative estimate of drug-likeness (QED) is 0.706. The second kappa shape index (κ2) is 4.77. The maximum Gasteiger partial charge on any atom is 0.305 e. The van der Waals surface area contributed by atoms with Gasteiger partial charge in [-0.15, -0.1) is 0 Å². The van der Waals surface area contributed by atoms with E-state index in [-0.39, 0.29) is 17.4 Å². The zero-order valence-corrected chi connectivity index (χ0v) is 9.00. The van der Waals surface area contributed by atoms with E-state index in [0.29, 0.717) is 19.3 Å². The van der Waals surface area contributed by atoms with Gasteiger partial charge < -0.3 is 10.5 Å². The standard InChI is InChI=1S/C11H15NO3/c1-7-5-10(13)9(12)6-8(7)3-4-11(14)15-2/h6H,3-5,12H2,1-2H3. The number of Topliss-reactive ketones (excluding diaryl/α,β-unsaturated/α-hetero) is 1. The smallest absolute Gasteiger partial charge is 0.305 e. The molecule has 0 aromatic heterocycles. The van der Waals surface area contributed by atoms with E-state index in [1.807, 2.05) is 6.92 Å². The molecule has 4 heteroatoms. The molecule has 0 unspecified atom stereocenters. The highest BCUT2D eigenvalue weighted by atomic mass is 16.5. The van der Waals surface area contributed by atoms with Crippen LogP contribution in [0.3, 0.4) is 0 Å². The lowest BCUT2D eigenvalue weighted by atomic mass is 9.93. The summed E-state index contributed by atoms with van der Waals surface area (Å²) in [4.78, 5) is 22.2. The third kappa shape index (κ3) is 2.94. The van der Waals surface area contributed by atoms with Crippen LogP contribution >= 0.6 is 0 Å². The summed E-state index contributed by atoms with van der Waals surface area (Å²) in [5.74, 6) is -0.298. The van der Waals surface area contributed by atoms with Gasteiger partial charge in [0.1, 0.15) is 0 Å². The van der Waals surface area contributed by atoms with Gasteiger partial charge in [-0.2, -0.15) is 0 Å². The Morgan fingerprint density at radius 3 is 2.87 bits per heavy atom. The summed E-state index contributed by atoms with van der Waals surface area (Å²) >= 11 is 0. The van der Waals surface area contributed by atoms with Crippen LogP contribution in [0.1, 0.15) is 26.2 Å². The minimum Gasteiger partial charge on any atom is -0.469 e. The minimum absolute atomic E-state index is 0.0469. The van der Waals surface area contributed by atoms with Crippen molar-refractivity contribution in [2.45, 2.75) is 26.2 Å². The first-order valence-corrected chi connectivity index (χ1v) is 4.80. The Hall–Kier alpha value is -1.58. The Kier molecular flexibility index (Phi) is 3.66. The van der Waals surface area contributed by atoms with E-state index >= 15 is 0 Å².